The molecule has 0 spiro atoms. The molecule has 1 aromatic heterocycles. The van der Waals surface area contributed by atoms with Crippen molar-refractivity contribution in [3.63, 3.8) is 0 Å². The van der Waals surface area contributed by atoms with Crippen LogP contribution in [0, 0.1) is 0 Å². The van der Waals surface area contributed by atoms with Gasteiger partial charge in [-0.05, 0) is 13.8 Å². The van der Waals surface area contributed by atoms with E-state index in [-0.39, 0.29) is 17.4 Å². The molecule has 2 aliphatic rings. The molecule has 2 aliphatic heterocycles. The van der Waals surface area contributed by atoms with Gasteiger partial charge in [-0.3, -0.25) is 18.9 Å². The zero-order valence-electron chi connectivity index (χ0n) is 13.8. The molecular formula is C14H19N2O8P. The van der Waals surface area contributed by atoms with E-state index >= 15 is 0 Å². The monoisotopic (exact) mass is 374 g/mol. The second kappa shape index (κ2) is 6.31. The maximum Gasteiger partial charge on any atom is 0.349 e. The number of aromatic amines is 1. The quantitative estimate of drug-likeness (QED) is 0.614. The zero-order valence-corrected chi connectivity index (χ0v) is 14.7. The largest absolute Gasteiger partial charge is 0.374 e. The molecule has 10 nitrogen and oxygen atoms in total. The van der Waals surface area contributed by atoms with Gasteiger partial charge in [0.1, 0.15) is 18.3 Å². The molecule has 1 saturated heterocycles. The molecule has 25 heavy (non-hydrogen) atoms. The third-order valence-corrected chi connectivity index (χ3v) is 4.65. The third kappa shape index (κ3) is 3.29. The molecule has 138 valence electrons. The molecule has 2 bridgehead atoms. The summed E-state index contributed by atoms with van der Waals surface area (Å²) >= 11 is 0. The van der Waals surface area contributed by atoms with Crippen molar-refractivity contribution < 1.29 is 28.6 Å². The van der Waals surface area contributed by atoms with Crippen LogP contribution >= 0.6 is 7.60 Å². The van der Waals surface area contributed by atoms with Crippen LogP contribution in [0.1, 0.15) is 25.8 Å². The van der Waals surface area contributed by atoms with Gasteiger partial charge in [0.25, 0.3) is 5.56 Å². The van der Waals surface area contributed by atoms with Crippen molar-refractivity contribution in [1.82, 2.24) is 9.55 Å². The van der Waals surface area contributed by atoms with E-state index in [9.17, 15) is 23.9 Å². The first-order chi connectivity index (χ1) is 11.6. The highest BCUT2D eigenvalue weighted by Crippen LogP contribution is 2.48. The Kier molecular flexibility index (Phi) is 4.61. The fourth-order valence-electron chi connectivity index (χ4n) is 3.26. The Morgan fingerprint density at radius 2 is 2.04 bits per heavy atom. The summed E-state index contributed by atoms with van der Waals surface area (Å²) in [5.41, 5.74) is -1.33. The first-order valence-corrected chi connectivity index (χ1v) is 9.28. The number of hydrogen-bond donors (Lipinski definition) is 3. The number of nitrogens with one attached hydrogen (secondary N) is 1. The standard InChI is InChI=1S/C14H19N2O8P/c1-6(2)23-11-10-7(5-25(19,20)21)8-4-9(17)15-14(18)16(8)13(24-10)12(11)22-3/h4-6,10-13H,1-3H3,(H,15,17,18)(H2,19,20,21)/b7-5+/t10-,11?,12?,13-/m1/s1. The minimum atomic E-state index is -4.61. The lowest BCUT2D eigenvalue weighted by Crippen LogP contribution is -2.40. The van der Waals surface area contributed by atoms with Gasteiger partial charge in [-0.25, -0.2) is 4.79 Å². The van der Waals surface area contributed by atoms with Crippen LogP contribution in [0.2, 0.25) is 0 Å². The topological polar surface area (TPSA) is 140 Å². The van der Waals surface area contributed by atoms with Crippen molar-refractivity contribution >= 4 is 13.2 Å². The van der Waals surface area contributed by atoms with Crippen LogP contribution in [0.15, 0.2) is 21.5 Å². The number of methoxy groups -OCH3 is 1. The molecule has 1 fully saturated rings. The zero-order chi connectivity index (χ0) is 18.5. The predicted molar refractivity (Wildman–Crippen MR) is 86.1 cm³/mol. The Balaban J connectivity index is 2.26. The van der Waals surface area contributed by atoms with E-state index in [1.807, 2.05) is 0 Å². The van der Waals surface area contributed by atoms with Crippen LogP contribution in [-0.2, 0) is 18.8 Å². The van der Waals surface area contributed by atoms with Gasteiger partial charge < -0.3 is 24.0 Å². The van der Waals surface area contributed by atoms with Crippen LogP contribution in [0.4, 0.5) is 0 Å². The number of fused-ring (bicyclic) bond motifs is 4. The van der Waals surface area contributed by atoms with Gasteiger partial charge >= 0.3 is 13.3 Å². The number of nitrogens with zero attached hydrogens (tertiary/aromatic N) is 1. The van der Waals surface area contributed by atoms with Gasteiger partial charge in [-0.15, -0.1) is 0 Å². The van der Waals surface area contributed by atoms with Crippen molar-refractivity contribution in [3.05, 3.63) is 38.4 Å². The van der Waals surface area contributed by atoms with Gasteiger partial charge in [0.05, 0.1) is 11.8 Å². The fourth-order valence-corrected chi connectivity index (χ4v) is 3.90. The molecule has 3 heterocycles. The van der Waals surface area contributed by atoms with Crippen LogP contribution in [0.5, 0.6) is 0 Å². The summed E-state index contributed by atoms with van der Waals surface area (Å²) in [6.45, 7) is 3.59. The fraction of sp³-hybridized carbons (Fsp3) is 0.571. The molecule has 4 atom stereocenters. The maximum atomic E-state index is 12.3. The Morgan fingerprint density at radius 3 is 2.60 bits per heavy atom. The van der Waals surface area contributed by atoms with Crippen LogP contribution in [0.25, 0.3) is 5.57 Å². The number of ether oxygens (including phenoxy) is 3. The van der Waals surface area contributed by atoms with E-state index in [0.29, 0.717) is 5.82 Å². The first-order valence-electron chi connectivity index (χ1n) is 7.60. The van der Waals surface area contributed by atoms with Crippen LogP contribution in [-0.4, -0.2) is 50.9 Å². The first kappa shape index (κ1) is 18.2. The van der Waals surface area contributed by atoms with E-state index in [2.05, 4.69) is 4.98 Å². The SMILES string of the molecule is COC1C(OC(C)C)[C@@H]2O[C@H]1n1c(cc(=O)[nH]c1=O)/C2=C\P(=O)(O)O. The molecule has 3 rings (SSSR count). The molecule has 3 N–H and O–H groups in total. The van der Waals surface area contributed by atoms with E-state index in [1.54, 1.807) is 13.8 Å². The minimum absolute atomic E-state index is 0.0259. The van der Waals surface area contributed by atoms with Gasteiger partial charge in [-0.2, -0.15) is 0 Å². The Labute approximate surface area is 142 Å². The Bertz CT molecular complexity index is 866. The number of hydrogen-bond acceptors (Lipinski definition) is 6. The highest BCUT2D eigenvalue weighted by Gasteiger charge is 2.53. The van der Waals surface area contributed by atoms with E-state index in [1.165, 1.54) is 7.11 Å². The predicted octanol–water partition coefficient (Wildman–Crippen LogP) is -0.225. The highest BCUT2D eigenvalue weighted by atomic mass is 31.2. The summed E-state index contributed by atoms with van der Waals surface area (Å²) in [6, 6.07) is 1.11. The van der Waals surface area contributed by atoms with Gasteiger partial charge in [-0.1, -0.05) is 0 Å². The van der Waals surface area contributed by atoms with Crippen molar-refractivity contribution in [2.24, 2.45) is 0 Å². The molecular weight excluding hydrogens is 355 g/mol. The Morgan fingerprint density at radius 1 is 1.36 bits per heavy atom. The molecule has 0 radical (unpaired) electrons. The van der Waals surface area contributed by atoms with E-state index < -0.39 is 43.4 Å². The second-order valence-electron chi connectivity index (χ2n) is 6.16. The average molecular weight is 374 g/mol. The maximum absolute atomic E-state index is 12.3. The van der Waals surface area contributed by atoms with Crippen molar-refractivity contribution in [1.29, 1.82) is 0 Å². The minimum Gasteiger partial charge on any atom is -0.374 e. The lowest BCUT2D eigenvalue weighted by molar-refractivity contribution is -0.0754. The summed E-state index contributed by atoms with van der Waals surface area (Å²) in [5.74, 6) is 0.702. The summed E-state index contributed by atoms with van der Waals surface area (Å²) in [7, 11) is -3.18. The van der Waals surface area contributed by atoms with Crippen molar-refractivity contribution in [2.45, 2.75) is 44.5 Å². The lowest BCUT2D eigenvalue weighted by Gasteiger charge is -2.28. The van der Waals surface area contributed by atoms with Gasteiger partial charge in [0.15, 0.2) is 6.23 Å². The van der Waals surface area contributed by atoms with Crippen LogP contribution in [0.3, 0.4) is 0 Å². The summed E-state index contributed by atoms with van der Waals surface area (Å²) < 4.78 is 29.7. The van der Waals surface area contributed by atoms with Crippen LogP contribution < -0.4 is 11.2 Å². The average Bonchev–Trinajstić information content (AvgIpc) is 2.76. The highest BCUT2D eigenvalue weighted by molar-refractivity contribution is 7.55. The summed E-state index contributed by atoms with van der Waals surface area (Å²) in [5, 5.41) is 0. The molecule has 2 unspecified atom stereocenters. The molecule has 0 aliphatic carbocycles. The summed E-state index contributed by atoms with van der Waals surface area (Å²) in [6.07, 6.45) is -3.39. The van der Waals surface area contributed by atoms with Gasteiger partial charge in [0.2, 0.25) is 0 Å². The second-order valence-corrected chi connectivity index (χ2v) is 7.60. The Hall–Kier alpha value is -1.55. The van der Waals surface area contributed by atoms with Crippen molar-refractivity contribution in [3.8, 4) is 0 Å². The molecule has 1 aromatic rings. The van der Waals surface area contributed by atoms with Crippen molar-refractivity contribution in [2.75, 3.05) is 7.11 Å². The molecule has 11 heteroatoms. The number of aromatic nitrogens is 2. The number of rotatable bonds is 4. The molecule has 0 amide bonds. The lowest BCUT2D eigenvalue weighted by atomic mass is 10.0. The molecule has 0 aromatic carbocycles. The normalized spacial score (nSPS) is 30.1. The summed E-state index contributed by atoms with van der Waals surface area (Å²) in [4.78, 5) is 44.9. The van der Waals surface area contributed by atoms with E-state index in [4.69, 9.17) is 14.2 Å². The smallest absolute Gasteiger partial charge is 0.349 e. The molecule has 0 saturated carbocycles. The van der Waals surface area contributed by atoms with E-state index in [0.717, 1.165) is 10.6 Å². The third-order valence-electron chi connectivity index (χ3n) is 4.03. The van der Waals surface area contributed by atoms with Gasteiger partial charge in [0, 0.05) is 24.6 Å². The number of H-pyrrole nitrogens is 1.